The van der Waals surface area contributed by atoms with Gasteiger partial charge in [-0.25, -0.2) is 0 Å². The third-order valence-electron chi connectivity index (χ3n) is 4.89. The number of carbonyl (C=O) groups excluding carboxylic acids is 2. The second-order valence-corrected chi connectivity index (χ2v) is 6.88. The third-order valence-corrected chi connectivity index (χ3v) is 4.89. The second kappa shape index (κ2) is 7.26. The molecule has 2 fully saturated rings. The lowest BCUT2D eigenvalue weighted by molar-refractivity contribution is -0.133. The average Bonchev–Trinajstić information content (AvgIpc) is 3.40. The van der Waals surface area contributed by atoms with Gasteiger partial charge in [-0.15, -0.1) is 0 Å². The molecular formula is C19H26N2O2. The van der Waals surface area contributed by atoms with Gasteiger partial charge in [0, 0.05) is 38.5 Å². The Morgan fingerprint density at radius 2 is 1.70 bits per heavy atom. The fourth-order valence-corrected chi connectivity index (χ4v) is 3.07. The van der Waals surface area contributed by atoms with E-state index in [0.717, 1.165) is 45.4 Å². The van der Waals surface area contributed by atoms with Crippen LogP contribution in [0, 0.1) is 12.8 Å². The normalized spacial score (nSPS) is 18.9. The summed E-state index contributed by atoms with van der Waals surface area (Å²) in [5, 5.41) is 0. The van der Waals surface area contributed by atoms with E-state index in [0.29, 0.717) is 24.7 Å². The molecule has 3 rings (SSSR count). The van der Waals surface area contributed by atoms with Gasteiger partial charge in [0.15, 0.2) is 0 Å². The Labute approximate surface area is 138 Å². The SMILES string of the molecule is Cc1ccc(CCC(=O)N2CCN(CC(=O)C3CC3)CC2)cc1. The summed E-state index contributed by atoms with van der Waals surface area (Å²) in [5.41, 5.74) is 2.47. The first-order valence-corrected chi connectivity index (χ1v) is 8.70. The molecule has 0 N–H and O–H groups in total. The molecule has 1 aliphatic carbocycles. The number of nitrogens with zero attached hydrogens (tertiary/aromatic N) is 2. The van der Waals surface area contributed by atoms with E-state index in [1.807, 2.05) is 4.90 Å². The van der Waals surface area contributed by atoms with Crippen molar-refractivity contribution in [1.82, 2.24) is 9.80 Å². The Morgan fingerprint density at radius 3 is 2.30 bits per heavy atom. The van der Waals surface area contributed by atoms with Crippen molar-refractivity contribution < 1.29 is 9.59 Å². The number of piperazine rings is 1. The number of aryl methyl sites for hydroxylation is 2. The van der Waals surface area contributed by atoms with Gasteiger partial charge in [0.05, 0.1) is 6.54 Å². The van der Waals surface area contributed by atoms with E-state index >= 15 is 0 Å². The van der Waals surface area contributed by atoms with E-state index in [4.69, 9.17) is 0 Å². The molecule has 1 aliphatic heterocycles. The topological polar surface area (TPSA) is 40.6 Å². The lowest BCUT2D eigenvalue weighted by Gasteiger charge is -2.34. The number of amides is 1. The Morgan fingerprint density at radius 1 is 1.04 bits per heavy atom. The van der Waals surface area contributed by atoms with Crippen LogP contribution in [0.15, 0.2) is 24.3 Å². The van der Waals surface area contributed by atoms with Crippen LogP contribution in [-0.2, 0) is 16.0 Å². The Kier molecular flexibility index (Phi) is 5.11. The number of hydrogen-bond donors (Lipinski definition) is 0. The highest BCUT2D eigenvalue weighted by molar-refractivity contribution is 5.85. The van der Waals surface area contributed by atoms with Gasteiger partial charge >= 0.3 is 0 Å². The van der Waals surface area contributed by atoms with Gasteiger partial charge in [0.1, 0.15) is 5.78 Å². The second-order valence-electron chi connectivity index (χ2n) is 6.88. The van der Waals surface area contributed by atoms with Crippen LogP contribution in [0.1, 0.15) is 30.4 Å². The minimum absolute atomic E-state index is 0.235. The number of ketones is 1. The first kappa shape index (κ1) is 16.2. The molecule has 1 heterocycles. The van der Waals surface area contributed by atoms with Crippen LogP contribution >= 0.6 is 0 Å². The number of benzene rings is 1. The summed E-state index contributed by atoms with van der Waals surface area (Å²) in [5.74, 6) is 0.965. The highest BCUT2D eigenvalue weighted by Crippen LogP contribution is 2.30. The zero-order valence-corrected chi connectivity index (χ0v) is 14.0. The largest absolute Gasteiger partial charge is 0.340 e. The van der Waals surface area contributed by atoms with Gasteiger partial charge < -0.3 is 4.90 Å². The van der Waals surface area contributed by atoms with E-state index in [9.17, 15) is 9.59 Å². The van der Waals surface area contributed by atoms with Crippen LogP contribution in [0.4, 0.5) is 0 Å². The van der Waals surface area contributed by atoms with Crippen molar-refractivity contribution in [1.29, 1.82) is 0 Å². The fraction of sp³-hybridized carbons (Fsp3) is 0.579. The van der Waals surface area contributed by atoms with Crippen molar-refractivity contribution in [3.05, 3.63) is 35.4 Å². The molecular weight excluding hydrogens is 288 g/mol. The van der Waals surface area contributed by atoms with Crippen molar-refractivity contribution in [3.63, 3.8) is 0 Å². The van der Waals surface area contributed by atoms with E-state index in [2.05, 4.69) is 36.1 Å². The molecule has 1 saturated carbocycles. The zero-order valence-electron chi connectivity index (χ0n) is 14.0. The number of hydrogen-bond acceptors (Lipinski definition) is 3. The molecule has 0 unspecified atom stereocenters. The molecule has 1 aromatic carbocycles. The third kappa shape index (κ3) is 4.64. The minimum Gasteiger partial charge on any atom is -0.340 e. The van der Waals surface area contributed by atoms with Crippen molar-refractivity contribution >= 4 is 11.7 Å². The molecule has 1 amide bonds. The number of rotatable bonds is 6. The van der Waals surface area contributed by atoms with Crippen molar-refractivity contribution in [2.75, 3.05) is 32.7 Å². The van der Waals surface area contributed by atoms with Gasteiger partial charge in [0.25, 0.3) is 0 Å². The molecule has 0 aromatic heterocycles. The molecule has 124 valence electrons. The van der Waals surface area contributed by atoms with E-state index in [1.54, 1.807) is 0 Å². The summed E-state index contributed by atoms with van der Waals surface area (Å²) in [6.45, 7) is 5.82. The van der Waals surface area contributed by atoms with Crippen LogP contribution in [0.2, 0.25) is 0 Å². The van der Waals surface area contributed by atoms with Crippen molar-refractivity contribution in [2.45, 2.75) is 32.6 Å². The predicted molar refractivity (Wildman–Crippen MR) is 90.3 cm³/mol. The Hall–Kier alpha value is -1.68. The first-order valence-electron chi connectivity index (χ1n) is 8.70. The van der Waals surface area contributed by atoms with E-state index in [1.165, 1.54) is 11.1 Å². The number of Topliss-reactive ketones (excluding diaryl/α,β-unsaturated/α-hetero) is 1. The first-order chi connectivity index (χ1) is 11.1. The summed E-state index contributed by atoms with van der Waals surface area (Å²) in [6.07, 6.45) is 3.54. The molecule has 0 radical (unpaired) electrons. The van der Waals surface area contributed by atoms with Crippen LogP contribution in [0.25, 0.3) is 0 Å². The smallest absolute Gasteiger partial charge is 0.222 e. The van der Waals surface area contributed by atoms with Gasteiger partial charge in [-0.2, -0.15) is 0 Å². The van der Waals surface area contributed by atoms with Crippen LogP contribution in [-0.4, -0.2) is 54.2 Å². The summed E-state index contributed by atoms with van der Waals surface area (Å²) in [6, 6.07) is 8.39. The summed E-state index contributed by atoms with van der Waals surface area (Å²) < 4.78 is 0. The lowest BCUT2D eigenvalue weighted by Crippen LogP contribution is -2.50. The maximum atomic E-state index is 12.3. The van der Waals surface area contributed by atoms with Crippen LogP contribution in [0.5, 0.6) is 0 Å². The Balaban J connectivity index is 1.39. The molecule has 4 heteroatoms. The fourth-order valence-electron chi connectivity index (χ4n) is 3.07. The minimum atomic E-state index is 0.235. The van der Waals surface area contributed by atoms with Gasteiger partial charge in [-0.1, -0.05) is 29.8 Å². The molecule has 0 spiro atoms. The van der Waals surface area contributed by atoms with E-state index < -0.39 is 0 Å². The zero-order chi connectivity index (χ0) is 16.2. The van der Waals surface area contributed by atoms with Crippen LogP contribution in [0.3, 0.4) is 0 Å². The molecule has 23 heavy (non-hydrogen) atoms. The molecule has 4 nitrogen and oxygen atoms in total. The highest BCUT2D eigenvalue weighted by Gasteiger charge is 2.31. The molecule has 1 saturated heterocycles. The standard InChI is InChI=1S/C19H26N2O2/c1-15-2-4-16(5-3-15)6-9-19(23)21-12-10-20(11-13-21)14-18(22)17-7-8-17/h2-5,17H,6-14H2,1H3. The Bertz CT molecular complexity index is 555. The van der Waals surface area contributed by atoms with Crippen LogP contribution < -0.4 is 0 Å². The van der Waals surface area contributed by atoms with Crippen molar-refractivity contribution in [3.8, 4) is 0 Å². The quantitative estimate of drug-likeness (QED) is 0.807. The molecule has 0 atom stereocenters. The molecule has 1 aromatic rings. The summed E-state index contributed by atoms with van der Waals surface area (Å²) in [7, 11) is 0. The monoisotopic (exact) mass is 314 g/mol. The highest BCUT2D eigenvalue weighted by atomic mass is 16.2. The van der Waals surface area contributed by atoms with Gasteiger partial charge in [-0.05, 0) is 31.7 Å². The number of carbonyl (C=O) groups is 2. The predicted octanol–water partition coefficient (Wildman–Crippen LogP) is 2.05. The van der Waals surface area contributed by atoms with E-state index in [-0.39, 0.29) is 5.91 Å². The van der Waals surface area contributed by atoms with Gasteiger partial charge in [0.2, 0.25) is 5.91 Å². The maximum absolute atomic E-state index is 12.3. The molecule has 0 bridgehead atoms. The average molecular weight is 314 g/mol. The molecule has 2 aliphatic rings. The summed E-state index contributed by atoms with van der Waals surface area (Å²) in [4.78, 5) is 28.3. The van der Waals surface area contributed by atoms with Gasteiger partial charge in [-0.3, -0.25) is 14.5 Å². The lowest BCUT2D eigenvalue weighted by atomic mass is 10.1. The van der Waals surface area contributed by atoms with Crippen molar-refractivity contribution in [2.24, 2.45) is 5.92 Å². The maximum Gasteiger partial charge on any atom is 0.222 e. The summed E-state index contributed by atoms with van der Waals surface area (Å²) >= 11 is 0.